The maximum atomic E-state index is 13.1. The molecule has 0 saturated carbocycles. The van der Waals surface area contributed by atoms with Gasteiger partial charge in [0.15, 0.2) is 23.2 Å². The molecule has 0 amide bonds. The van der Waals surface area contributed by atoms with Crippen molar-refractivity contribution in [2.75, 3.05) is 11.5 Å². The van der Waals surface area contributed by atoms with Gasteiger partial charge in [0.05, 0.1) is 5.75 Å². The van der Waals surface area contributed by atoms with Crippen LogP contribution >= 0.6 is 11.8 Å². The lowest BCUT2D eigenvalue weighted by Crippen LogP contribution is -2.09. The van der Waals surface area contributed by atoms with Gasteiger partial charge in [-0.05, 0) is 12.1 Å². The molecule has 0 N–H and O–H groups in total. The molecule has 1 aliphatic rings. The number of benzene rings is 1. The molecule has 1 saturated heterocycles. The molecule has 4 nitrogen and oxygen atoms in total. The van der Waals surface area contributed by atoms with E-state index in [0.29, 0.717) is 11.5 Å². The van der Waals surface area contributed by atoms with Crippen LogP contribution in [0.5, 0.6) is 0 Å². The van der Waals surface area contributed by atoms with E-state index >= 15 is 0 Å². The number of thioether (sulfide) groups is 1. The van der Waals surface area contributed by atoms with Crippen molar-refractivity contribution in [3.63, 3.8) is 0 Å². The molecule has 0 radical (unpaired) electrons. The quantitative estimate of drug-likeness (QED) is 0.798. The smallest absolute Gasteiger partial charge is 0.238 e. The Balaban J connectivity index is 1.96. The van der Waals surface area contributed by atoms with Gasteiger partial charge in [0.2, 0.25) is 11.7 Å². The Morgan fingerprint density at radius 3 is 2.55 bits per heavy atom. The highest BCUT2D eigenvalue weighted by Crippen LogP contribution is 2.30. The fraction of sp³-hybridized carbons (Fsp3) is 0.250. The fourth-order valence-corrected chi connectivity index (χ4v) is 2.94. The molecule has 1 fully saturated rings. The number of aromatic nitrogens is 2. The Hall–Kier alpha value is -1.83. The molecule has 0 spiro atoms. The van der Waals surface area contributed by atoms with Crippen molar-refractivity contribution >= 4 is 17.5 Å². The van der Waals surface area contributed by atoms with Crippen molar-refractivity contribution in [1.82, 2.24) is 10.1 Å². The van der Waals surface area contributed by atoms with E-state index in [-0.39, 0.29) is 23.1 Å². The van der Waals surface area contributed by atoms with Crippen molar-refractivity contribution in [1.29, 1.82) is 0 Å². The lowest BCUT2D eigenvalue weighted by Gasteiger charge is -1.99. The van der Waals surface area contributed by atoms with Gasteiger partial charge < -0.3 is 4.52 Å². The Morgan fingerprint density at radius 1 is 1.25 bits per heavy atom. The van der Waals surface area contributed by atoms with Crippen LogP contribution in [0.4, 0.5) is 13.2 Å². The zero-order valence-electron chi connectivity index (χ0n) is 9.90. The minimum atomic E-state index is -1.56. The van der Waals surface area contributed by atoms with Crippen LogP contribution in [-0.2, 0) is 4.79 Å². The second-order valence-electron chi connectivity index (χ2n) is 4.24. The highest BCUT2D eigenvalue weighted by molar-refractivity contribution is 8.00. The van der Waals surface area contributed by atoms with Crippen molar-refractivity contribution in [3.05, 3.63) is 35.5 Å². The third kappa shape index (κ3) is 2.20. The van der Waals surface area contributed by atoms with Crippen LogP contribution in [0.1, 0.15) is 11.8 Å². The highest BCUT2D eigenvalue weighted by atomic mass is 32.2. The molecular formula is C12H7F3N2O2S. The van der Waals surface area contributed by atoms with E-state index in [2.05, 4.69) is 10.1 Å². The van der Waals surface area contributed by atoms with Crippen molar-refractivity contribution in [2.24, 2.45) is 0 Å². The number of Topliss-reactive ketones (excluding diaryl/α,β-unsaturated/α-hetero) is 1. The molecule has 104 valence electrons. The summed E-state index contributed by atoms with van der Waals surface area (Å²) in [5.41, 5.74) is -0.0468. The molecule has 1 unspecified atom stereocenters. The summed E-state index contributed by atoms with van der Waals surface area (Å²) in [5.74, 6) is -3.80. The van der Waals surface area contributed by atoms with Crippen LogP contribution in [0, 0.1) is 17.5 Å². The monoisotopic (exact) mass is 300 g/mol. The summed E-state index contributed by atoms with van der Waals surface area (Å²) in [7, 11) is 0. The number of carbonyl (C=O) groups is 1. The number of nitrogens with zero attached hydrogens (tertiary/aromatic N) is 2. The number of carbonyl (C=O) groups excluding carboxylic acids is 1. The first-order valence-electron chi connectivity index (χ1n) is 5.65. The summed E-state index contributed by atoms with van der Waals surface area (Å²) < 4.78 is 44.1. The molecule has 0 aliphatic carbocycles. The average Bonchev–Trinajstić information content (AvgIpc) is 3.03. The predicted molar refractivity (Wildman–Crippen MR) is 64.7 cm³/mol. The molecule has 1 aromatic carbocycles. The van der Waals surface area contributed by atoms with Gasteiger partial charge in [-0.1, -0.05) is 5.16 Å². The molecule has 2 aromatic rings. The number of ketones is 1. The van der Waals surface area contributed by atoms with Crippen molar-refractivity contribution in [3.8, 4) is 11.4 Å². The van der Waals surface area contributed by atoms with E-state index in [1.54, 1.807) is 0 Å². The van der Waals surface area contributed by atoms with E-state index in [4.69, 9.17) is 4.52 Å². The van der Waals surface area contributed by atoms with Crippen LogP contribution in [0.2, 0.25) is 0 Å². The van der Waals surface area contributed by atoms with Gasteiger partial charge in [-0.25, -0.2) is 13.2 Å². The molecule has 1 aromatic heterocycles. The molecule has 8 heteroatoms. The Bertz CT molecular complexity index is 666. The number of rotatable bonds is 2. The third-order valence-corrected chi connectivity index (χ3v) is 3.96. The molecule has 0 bridgehead atoms. The minimum Gasteiger partial charge on any atom is -0.338 e. The molecule has 20 heavy (non-hydrogen) atoms. The first-order valence-corrected chi connectivity index (χ1v) is 6.80. The van der Waals surface area contributed by atoms with Crippen LogP contribution in [0.3, 0.4) is 0 Å². The largest absolute Gasteiger partial charge is 0.338 e. The van der Waals surface area contributed by atoms with Gasteiger partial charge >= 0.3 is 0 Å². The summed E-state index contributed by atoms with van der Waals surface area (Å²) in [6.45, 7) is 0. The highest BCUT2D eigenvalue weighted by Gasteiger charge is 2.31. The predicted octanol–water partition coefficient (Wildman–Crippen LogP) is 2.55. The third-order valence-electron chi connectivity index (χ3n) is 2.90. The first kappa shape index (κ1) is 13.2. The van der Waals surface area contributed by atoms with Gasteiger partial charge in [0.1, 0.15) is 5.92 Å². The zero-order valence-corrected chi connectivity index (χ0v) is 10.7. The second-order valence-corrected chi connectivity index (χ2v) is 5.27. The topological polar surface area (TPSA) is 56.0 Å². The zero-order chi connectivity index (χ0) is 14.3. The van der Waals surface area contributed by atoms with Crippen molar-refractivity contribution in [2.45, 2.75) is 5.92 Å². The lowest BCUT2D eigenvalue weighted by atomic mass is 10.1. The van der Waals surface area contributed by atoms with Crippen LogP contribution < -0.4 is 0 Å². The van der Waals surface area contributed by atoms with Gasteiger partial charge in [-0.15, -0.1) is 0 Å². The van der Waals surface area contributed by atoms with Gasteiger partial charge in [-0.2, -0.15) is 16.7 Å². The van der Waals surface area contributed by atoms with Gasteiger partial charge in [-0.3, -0.25) is 4.79 Å². The van der Waals surface area contributed by atoms with Crippen LogP contribution in [0.15, 0.2) is 16.7 Å². The maximum absolute atomic E-state index is 13.1. The maximum Gasteiger partial charge on any atom is 0.238 e. The van der Waals surface area contributed by atoms with Gasteiger partial charge in [0.25, 0.3) is 0 Å². The number of hydrogen-bond acceptors (Lipinski definition) is 5. The van der Waals surface area contributed by atoms with Gasteiger partial charge in [0, 0.05) is 11.3 Å². The lowest BCUT2D eigenvalue weighted by molar-refractivity contribution is -0.117. The standard InChI is InChI=1S/C12H7F3N2O2S/c13-7-1-5(2-8(14)10(7)15)11-16-12(19-17-11)6-3-20-4-9(6)18/h1-2,6H,3-4H2. The molecule has 3 rings (SSSR count). The van der Waals surface area contributed by atoms with E-state index in [9.17, 15) is 18.0 Å². The van der Waals surface area contributed by atoms with Crippen LogP contribution in [0.25, 0.3) is 11.4 Å². The Morgan fingerprint density at radius 2 is 1.95 bits per heavy atom. The average molecular weight is 300 g/mol. The number of halogens is 3. The second kappa shape index (κ2) is 4.93. The fourth-order valence-electron chi connectivity index (χ4n) is 1.86. The van der Waals surface area contributed by atoms with Crippen LogP contribution in [-0.4, -0.2) is 27.4 Å². The summed E-state index contributed by atoms with van der Waals surface area (Å²) in [6.07, 6.45) is 0. The molecule has 1 aliphatic heterocycles. The summed E-state index contributed by atoms with van der Waals surface area (Å²) in [4.78, 5) is 15.5. The Kier molecular flexibility index (Phi) is 3.25. The molecule has 2 heterocycles. The van der Waals surface area contributed by atoms with Crippen molar-refractivity contribution < 1.29 is 22.5 Å². The van der Waals surface area contributed by atoms with E-state index in [0.717, 1.165) is 12.1 Å². The molecule has 1 atom stereocenters. The minimum absolute atomic E-state index is 0.0262. The van der Waals surface area contributed by atoms with E-state index < -0.39 is 23.4 Å². The summed E-state index contributed by atoms with van der Waals surface area (Å²) in [6, 6.07) is 1.55. The molecular weight excluding hydrogens is 293 g/mol. The first-order chi connectivity index (χ1) is 9.56. The van der Waals surface area contributed by atoms with E-state index in [1.165, 1.54) is 11.8 Å². The SMILES string of the molecule is O=C1CSCC1c1nc(-c2cc(F)c(F)c(F)c2)no1. The summed E-state index contributed by atoms with van der Waals surface area (Å²) in [5, 5.41) is 3.57. The summed E-state index contributed by atoms with van der Waals surface area (Å²) >= 11 is 1.45. The number of hydrogen-bond donors (Lipinski definition) is 0. The van der Waals surface area contributed by atoms with E-state index in [1.807, 2.05) is 0 Å². The normalized spacial score (nSPS) is 18.8. The Labute approximate surface area is 115 Å².